The number of benzene rings is 2. The van der Waals surface area contributed by atoms with E-state index >= 15 is 4.79 Å². The van der Waals surface area contributed by atoms with Gasteiger partial charge in [-0.2, -0.15) is 0 Å². The molecule has 0 heterocycles. The van der Waals surface area contributed by atoms with E-state index in [1.165, 1.54) is 18.4 Å². The summed E-state index contributed by atoms with van der Waals surface area (Å²) in [7, 11) is 0. The average Bonchev–Trinajstić information content (AvgIpc) is 3.14. The van der Waals surface area contributed by atoms with Crippen molar-refractivity contribution >= 4 is 29.6 Å². The second-order valence-electron chi connectivity index (χ2n) is 19.6. The SMILES string of the molecule is C/C=C/c1ccccc1C(=O)c1ccc(OCC(=O)OC2CCC(C)(CC(=O)O)[C@@H]3CC[C@]4(C)[C@H](C(=O)C=C5[C@@H]6[C@@H](C)[C@H](C)CC[C@]6(C)CC[C@]54C)[C@@]23C)cc1. The molecule has 0 spiro atoms. The maximum Gasteiger partial charge on any atom is 0.344 e. The van der Waals surface area contributed by atoms with Gasteiger partial charge in [-0.15, -0.1) is 0 Å². The van der Waals surface area contributed by atoms with Crippen LogP contribution < -0.4 is 4.74 Å². The lowest BCUT2D eigenvalue weighted by Gasteiger charge is -2.71. The lowest BCUT2D eigenvalue weighted by Crippen LogP contribution is -2.69. The molecule has 11 atom stereocenters. The fraction of sp³-hybridized carbons (Fsp3) is 0.592. The van der Waals surface area contributed by atoms with Crippen LogP contribution in [-0.4, -0.2) is 41.3 Å². The van der Waals surface area contributed by atoms with Crippen LogP contribution in [0.4, 0.5) is 0 Å². The van der Waals surface area contributed by atoms with Gasteiger partial charge in [-0.1, -0.05) is 90.5 Å². The van der Waals surface area contributed by atoms with Gasteiger partial charge in [-0.05, 0) is 140 Å². The number of rotatable bonds is 9. The molecule has 2 aromatic carbocycles. The molecule has 0 bridgehead atoms. The lowest BCUT2D eigenvalue weighted by molar-refractivity contribution is -0.230. The maximum absolute atomic E-state index is 15.1. The Morgan fingerprint density at radius 3 is 2.29 bits per heavy atom. The molecule has 7 heteroatoms. The Balaban J connectivity index is 1.15. The third kappa shape index (κ3) is 6.30. The lowest BCUT2D eigenvalue weighted by atomic mass is 9.33. The monoisotopic (exact) mass is 762 g/mol. The van der Waals surface area contributed by atoms with Crippen molar-refractivity contribution in [2.75, 3.05) is 6.61 Å². The summed E-state index contributed by atoms with van der Waals surface area (Å²) in [5.74, 6) is 0.00742. The number of esters is 1. The summed E-state index contributed by atoms with van der Waals surface area (Å²) >= 11 is 0. The summed E-state index contributed by atoms with van der Waals surface area (Å²) in [6, 6.07) is 14.3. The van der Waals surface area contributed by atoms with E-state index in [-0.39, 0.29) is 46.8 Å². The summed E-state index contributed by atoms with van der Waals surface area (Å²) in [6.07, 6.45) is 12.5. The van der Waals surface area contributed by atoms with Gasteiger partial charge in [0.2, 0.25) is 0 Å². The highest BCUT2D eigenvalue weighted by atomic mass is 16.6. The molecule has 56 heavy (non-hydrogen) atoms. The largest absolute Gasteiger partial charge is 0.482 e. The average molecular weight is 763 g/mol. The van der Waals surface area contributed by atoms with Gasteiger partial charge in [-0.3, -0.25) is 14.4 Å². The summed E-state index contributed by atoms with van der Waals surface area (Å²) in [5, 5.41) is 10.1. The number of ether oxygens (including phenoxy) is 2. The van der Waals surface area contributed by atoms with Crippen molar-refractivity contribution in [3.63, 3.8) is 0 Å². The van der Waals surface area contributed by atoms with Crippen molar-refractivity contribution in [1.29, 1.82) is 0 Å². The van der Waals surface area contributed by atoms with Crippen LogP contribution in [0.15, 0.2) is 66.3 Å². The molecule has 0 radical (unpaired) electrons. The Kier molecular flexibility index (Phi) is 10.4. The van der Waals surface area contributed by atoms with Crippen LogP contribution >= 0.6 is 0 Å². The molecule has 2 aromatic rings. The normalized spacial score (nSPS) is 39.0. The first-order valence-corrected chi connectivity index (χ1v) is 21.1. The van der Waals surface area contributed by atoms with E-state index < -0.39 is 34.8 Å². The van der Waals surface area contributed by atoms with Crippen LogP contribution in [0.25, 0.3) is 6.08 Å². The van der Waals surface area contributed by atoms with Crippen LogP contribution in [0, 0.1) is 56.7 Å². The van der Waals surface area contributed by atoms with E-state index in [0.717, 1.165) is 31.2 Å². The molecule has 2 unspecified atom stereocenters. The van der Waals surface area contributed by atoms with E-state index in [4.69, 9.17) is 9.47 Å². The van der Waals surface area contributed by atoms with Crippen molar-refractivity contribution in [3.05, 3.63) is 82.9 Å². The van der Waals surface area contributed by atoms with Gasteiger partial charge in [-0.25, -0.2) is 4.79 Å². The summed E-state index contributed by atoms with van der Waals surface area (Å²) in [6.45, 7) is 17.8. The first-order valence-electron chi connectivity index (χ1n) is 21.1. The fourth-order valence-corrected chi connectivity index (χ4v) is 13.4. The van der Waals surface area contributed by atoms with Crippen molar-refractivity contribution in [3.8, 4) is 5.75 Å². The second kappa shape index (κ2) is 14.4. The Morgan fingerprint density at radius 1 is 0.875 bits per heavy atom. The molecule has 1 N–H and O–H groups in total. The molecule has 5 aliphatic carbocycles. The van der Waals surface area contributed by atoms with Crippen molar-refractivity contribution in [1.82, 2.24) is 0 Å². The van der Waals surface area contributed by atoms with Crippen LogP contribution in [0.5, 0.6) is 5.75 Å². The molecular formula is C49H62O7. The number of carbonyl (C=O) groups excluding carboxylic acids is 3. The van der Waals surface area contributed by atoms with E-state index in [1.54, 1.807) is 24.3 Å². The number of carboxylic acid groups (broad SMARTS) is 1. The van der Waals surface area contributed by atoms with Gasteiger partial charge in [0.1, 0.15) is 11.9 Å². The van der Waals surface area contributed by atoms with E-state index in [1.807, 2.05) is 49.4 Å². The molecule has 7 nitrogen and oxygen atoms in total. The number of hydrogen-bond donors (Lipinski definition) is 1. The molecule has 5 aliphatic rings. The van der Waals surface area contributed by atoms with Crippen molar-refractivity contribution in [2.45, 2.75) is 119 Å². The quantitative estimate of drug-likeness (QED) is 0.200. The zero-order valence-electron chi connectivity index (χ0n) is 34.8. The first-order chi connectivity index (χ1) is 26.4. The molecule has 0 saturated heterocycles. The first kappa shape index (κ1) is 40.2. The van der Waals surface area contributed by atoms with Crippen molar-refractivity contribution < 1.29 is 33.8 Å². The highest BCUT2D eigenvalue weighted by molar-refractivity contribution is 6.11. The highest BCUT2D eigenvalue weighted by Gasteiger charge is 2.72. The van der Waals surface area contributed by atoms with Gasteiger partial charge < -0.3 is 14.6 Å². The Morgan fingerprint density at radius 2 is 1.59 bits per heavy atom. The molecule has 4 fully saturated rings. The molecule has 0 amide bonds. The standard InChI is InChI=1S/C49H62O7/c1-9-12-32-13-10-11-14-35(32)43(54)33-15-17-34(18-16-33)55-29-41(53)56-39-21-23-46(5,28-40(51)52)38-20-24-48(7)44(49(38,39)8)37(50)27-36-42-31(3)30(2)19-22-45(42,4)25-26-47(36,48)6/h9-18,27,30-31,38-39,42,44H,19-26,28-29H2,1-8H3,(H,51,52)/b12-9+/t30-,31+,38+,39?,42+,44+,45-,46?,47-,48-,49-/m1/s1. The Labute approximate surface area is 333 Å². The molecule has 4 saturated carbocycles. The van der Waals surface area contributed by atoms with E-state index in [0.29, 0.717) is 47.5 Å². The summed E-state index contributed by atoms with van der Waals surface area (Å²) < 4.78 is 12.4. The molecule has 7 rings (SSSR count). The summed E-state index contributed by atoms with van der Waals surface area (Å²) in [5.41, 5.74) is 1.60. The number of fused-ring (bicyclic) bond motifs is 7. The van der Waals surface area contributed by atoms with Crippen LogP contribution in [0.3, 0.4) is 0 Å². The minimum absolute atomic E-state index is 0.0161. The van der Waals surface area contributed by atoms with Crippen LogP contribution in [-0.2, 0) is 19.1 Å². The molecule has 300 valence electrons. The van der Waals surface area contributed by atoms with Gasteiger partial charge in [0.15, 0.2) is 18.2 Å². The number of aliphatic carboxylic acids is 1. The fourth-order valence-electron chi connectivity index (χ4n) is 13.4. The number of carboxylic acids is 1. The predicted octanol–water partition coefficient (Wildman–Crippen LogP) is 10.6. The maximum atomic E-state index is 15.1. The van der Waals surface area contributed by atoms with Crippen molar-refractivity contribution in [2.24, 2.45) is 56.7 Å². The van der Waals surface area contributed by atoms with Crippen LogP contribution in [0.2, 0.25) is 0 Å². The van der Waals surface area contributed by atoms with E-state index in [2.05, 4.69) is 48.5 Å². The second-order valence-corrected chi connectivity index (χ2v) is 19.6. The zero-order chi connectivity index (χ0) is 40.4. The number of allylic oxidation sites excluding steroid dienone is 3. The minimum atomic E-state index is -0.835. The smallest absolute Gasteiger partial charge is 0.344 e. The third-order valence-electron chi connectivity index (χ3n) is 16.7. The number of carbonyl (C=O) groups is 4. The van der Waals surface area contributed by atoms with Gasteiger partial charge in [0.25, 0.3) is 0 Å². The molecular weight excluding hydrogens is 701 g/mol. The Hall–Kier alpha value is -4.00. The summed E-state index contributed by atoms with van der Waals surface area (Å²) in [4.78, 5) is 54.5. The third-order valence-corrected chi connectivity index (χ3v) is 16.7. The zero-order valence-corrected chi connectivity index (χ0v) is 34.8. The number of hydrogen-bond acceptors (Lipinski definition) is 6. The van der Waals surface area contributed by atoms with Gasteiger partial charge in [0.05, 0.1) is 6.42 Å². The predicted molar refractivity (Wildman–Crippen MR) is 218 cm³/mol. The topological polar surface area (TPSA) is 107 Å². The van der Waals surface area contributed by atoms with Gasteiger partial charge in [0, 0.05) is 22.5 Å². The van der Waals surface area contributed by atoms with Gasteiger partial charge >= 0.3 is 11.9 Å². The van der Waals surface area contributed by atoms with E-state index in [9.17, 15) is 19.5 Å². The minimum Gasteiger partial charge on any atom is -0.482 e. The molecule has 0 aromatic heterocycles. The Bertz CT molecular complexity index is 1960. The number of ketones is 2. The highest BCUT2D eigenvalue weighted by Crippen LogP contribution is 2.75. The van der Waals surface area contributed by atoms with Crippen LogP contribution in [0.1, 0.15) is 135 Å². The molecule has 0 aliphatic heterocycles.